The van der Waals surface area contributed by atoms with E-state index in [2.05, 4.69) is 4.89 Å². The lowest BCUT2D eigenvalue weighted by Crippen LogP contribution is -2.45. The molecule has 0 aliphatic heterocycles. The van der Waals surface area contributed by atoms with Crippen molar-refractivity contribution in [1.82, 2.24) is 0 Å². The second-order valence-corrected chi connectivity index (χ2v) is 6.59. The number of hydrogen-bond donors (Lipinski definition) is 1. The first-order valence-electron chi connectivity index (χ1n) is 6.07. The van der Waals surface area contributed by atoms with Crippen LogP contribution in [0.2, 0.25) is 0 Å². The molecule has 0 heterocycles. The zero-order valence-corrected chi connectivity index (χ0v) is 12.7. The Kier molecular flexibility index (Phi) is 5.53. The standard InChI is InChI=1S/C13H24O6/c1-11(2,3)17-9(14)8-13(7,19-16)10(15)18-12(4,5)6/h16H,8H2,1-7H3. The zero-order valence-electron chi connectivity index (χ0n) is 12.7. The third kappa shape index (κ3) is 7.12. The smallest absolute Gasteiger partial charge is 0.342 e. The molecular formula is C13H24O6. The molecule has 112 valence electrons. The molecule has 19 heavy (non-hydrogen) atoms. The number of ether oxygens (including phenoxy) is 2. The van der Waals surface area contributed by atoms with Crippen LogP contribution < -0.4 is 0 Å². The molecule has 6 nitrogen and oxygen atoms in total. The maximum atomic E-state index is 11.9. The Morgan fingerprint density at radius 2 is 1.32 bits per heavy atom. The summed E-state index contributed by atoms with van der Waals surface area (Å²) in [4.78, 5) is 27.7. The van der Waals surface area contributed by atoms with Crippen LogP contribution in [0, 0.1) is 0 Å². The summed E-state index contributed by atoms with van der Waals surface area (Å²) in [6.45, 7) is 11.4. The third-order valence-electron chi connectivity index (χ3n) is 1.93. The van der Waals surface area contributed by atoms with Crippen molar-refractivity contribution in [2.75, 3.05) is 0 Å². The Morgan fingerprint density at radius 3 is 1.63 bits per heavy atom. The van der Waals surface area contributed by atoms with E-state index in [1.807, 2.05) is 0 Å². The van der Waals surface area contributed by atoms with Crippen LogP contribution in [0.25, 0.3) is 0 Å². The maximum Gasteiger partial charge on any atom is 0.342 e. The molecular weight excluding hydrogens is 252 g/mol. The van der Waals surface area contributed by atoms with Crippen molar-refractivity contribution in [3.8, 4) is 0 Å². The van der Waals surface area contributed by atoms with Gasteiger partial charge in [0.2, 0.25) is 5.60 Å². The maximum absolute atomic E-state index is 11.9. The van der Waals surface area contributed by atoms with Crippen LogP contribution in [-0.4, -0.2) is 34.0 Å². The van der Waals surface area contributed by atoms with Crippen molar-refractivity contribution < 1.29 is 29.2 Å². The number of rotatable bonds is 4. The summed E-state index contributed by atoms with van der Waals surface area (Å²) in [7, 11) is 0. The van der Waals surface area contributed by atoms with E-state index < -0.39 is 35.2 Å². The molecule has 0 spiro atoms. The van der Waals surface area contributed by atoms with Gasteiger partial charge in [0.05, 0.1) is 6.42 Å². The highest BCUT2D eigenvalue weighted by Gasteiger charge is 2.42. The Bertz CT molecular complexity index is 336. The highest BCUT2D eigenvalue weighted by molar-refractivity contribution is 5.85. The molecule has 0 bridgehead atoms. The molecule has 1 unspecified atom stereocenters. The quantitative estimate of drug-likeness (QED) is 0.482. The van der Waals surface area contributed by atoms with Crippen LogP contribution in [0.1, 0.15) is 54.9 Å². The Balaban J connectivity index is 4.79. The van der Waals surface area contributed by atoms with E-state index in [-0.39, 0.29) is 0 Å². The van der Waals surface area contributed by atoms with E-state index in [4.69, 9.17) is 14.7 Å². The third-order valence-corrected chi connectivity index (χ3v) is 1.93. The highest BCUT2D eigenvalue weighted by atomic mass is 17.1. The Labute approximate surface area is 114 Å². The monoisotopic (exact) mass is 276 g/mol. The fourth-order valence-electron chi connectivity index (χ4n) is 1.18. The second-order valence-electron chi connectivity index (χ2n) is 6.59. The lowest BCUT2D eigenvalue weighted by atomic mass is 10.0. The molecule has 0 aliphatic rings. The molecule has 0 aliphatic carbocycles. The molecule has 6 heteroatoms. The largest absolute Gasteiger partial charge is 0.460 e. The number of hydrogen-bond acceptors (Lipinski definition) is 6. The second kappa shape index (κ2) is 5.88. The first-order chi connectivity index (χ1) is 8.29. The fraction of sp³-hybridized carbons (Fsp3) is 0.846. The van der Waals surface area contributed by atoms with E-state index >= 15 is 0 Å². The average Bonchev–Trinajstić information content (AvgIpc) is 2.11. The minimum Gasteiger partial charge on any atom is -0.460 e. The number of carbonyl (C=O) groups is 2. The van der Waals surface area contributed by atoms with Crippen LogP contribution in [0.3, 0.4) is 0 Å². The first-order valence-corrected chi connectivity index (χ1v) is 6.07. The van der Waals surface area contributed by atoms with Gasteiger partial charge in [-0.3, -0.25) is 10.1 Å². The molecule has 0 saturated carbocycles. The van der Waals surface area contributed by atoms with Gasteiger partial charge in [-0.25, -0.2) is 9.68 Å². The van der Waals surface area contributed by atoms with E-state index in [0.717, 1.165) is 0 Å². The minimum atomic E-state index is -1.78. The van der Waals surface area contributed by atoms with E-state index in [1.165, 1.54) is 6.92 Å². The average molecular weight is 276 g/mol. The summed E-state index contributed by atoms with van der Waals surface area (Å²) in [6.07, 6.45) is -0.435. The first kappa shape index (κ1) is 17.9. The van der Waals surface area contributed by atoms with Crippen molar-refractivity contribution in [2.24, 2.45) is 0 Å². The molecule has 1 atom stereocenters. The SMILES string of the molecule is CC(C)(C)OC(=O)CC(C)(OO)C(=O)OC(C)(C)C. The van der Waals surface area contributed by atoms with E-state index in [1.54, 1.807) is 41.5 Å². The van der Waals surface area contributed by atoms with Gasteiger partial charge in [0.15, 0.2) is 0 Å². The van der Waals surface area contributed by atoms with Gasteiger partial charge < -0.3 is 9.47 Å². The highest BCUT2D eigenvalue weighted by Crippen LogP contribution is 2.22. The van der Waals surface area contributed by atoms with Crippen LogP contribution in [0.4, 0.5) is 0 Å². The van der Waals surface area contributed by atoms with Crippen molar-refractivity contribution >= 4 is 11.9 Å². The molecule has 0 fully saturated rings. The van der Waals surface area contributed by atoms with Crippen LogP contribution >= 0.6 is 0 Å². The van der Waals surface area contributed by atoms with Gasteiger partial charge >= 0.3 is 11.9 Å². The van der Waals surface area contributed by atoms with E-state index in [0.29, 0.717) is 0 Å². The van der Waals surface area contributed by atoms with Crippen molar-refractivity contribution in [2.45, 2.75) is 71.7 Å². The molecule has 0 amide bonds. The molecule has 0 aromatic carbocycles. The predicted molar refractivity (Wildman–Crippen MR) is 68.4 cm³/mol. The van der Waals surface area contributed by atoms with Crippen molar-refractivity contribution in [1.29, 1.82) is 0 Å². The van der Waals surface area contributed by atoms with Gasteiger partial charge in [0, 0.05) is 0 Å². The Hall–Kier alpha value is -1.14. The topological polar surface area (TPSA) is 82.1 Å². The molecule has 0 radical (unpaired) electrons. The van der Waals surface area contributed by atoms with Crippen molar-refractivity contribution in [3.05, 3.63) is 0 Å². The summed E-state index contributed by atoms with van der Waals surface area (Å²) < 4.78 is 10.2. The number of carbonyl (C=O) groups excluding carboxylic acids is 2. The summed E-state index contributed by atoms with van der Waals surface area (Å²) >= 11 is 0. The van der Waals surface area contributed by atoms with Gasteiger partial charge in [0.1, 0.15) is 11.2 Å². The molecule has 0 aromatic rings. The summed E-state index contributed by atoms with van der Waals surface area (Å²) in [5.41, 5.74) is -3.21. The number of esters is 2. The lowest BCUT2D eigenvalue weighted by molar-refractivity contribution is -0.316. The van der Waals surface area contributed by atoms with Crippen molar-refractivity contribution in [3.63, 3.8) is 0 Å². The van der Waals surface area contributed by atoms with Crippen LogP contribution in [-0.2, 0) is 24.0 Å². The predicted octanol–water partition coefficient (Wildman–Crippen LogP) is 2.31. The summed E-state index contributed by atoms with van der Waals surface area (Å²) in [5, 5.41) is 8.89. The van der Waals surface area contributed by atoms with Crippen LogP contribution in [0.5, 0.6) is 0 Å². The summed E-state index contributed by atoms with van der Waals surface area (Å²) in [6, 6.07) is 0. The zero-order chi connectivity index (χ0) is 15.5. The van der Waals surface area contributed by atoms with Gasteiger partial charge in [-0.2, -0.15) is 0 Å². The van der Waals surface area contributed by atoms with Crippen LogP contribution in [0.15, 0.2) is 0 Å². The Morgan fingerprint density at radius 1 is 0.895 bits per heavy atom. The van der Waals surface area contributed by atoms with E-state index in [9.17, 15) is 9.59 Å². The minimum absolute atomic E-state index is 0.435. The molecule has 0 rings (SSSR count). The van der Waals surface area contributed by atoms with Gasteiger partial charge in [-0.05, 0) is 48.5 Å². The molecule has 0 saturated heterocycles. The lowest BCUT2D eigenvalue weighted by Gasteiger charge is -2.29. The molecule has 0 aromatic heterocycles. The summed E-state index contributed by atoms with van der Waals surface area (Å²) in [5.74, 6) is -1.48. The normalized spacial score (nSPS) is 15.6. The van der Waals surface area contributed by atoms with Gasteiger partial charge in [-0.15, -0.1) is 0 Å². The van der Waals surface area contributed by atoms with Gasteiger partial charge in [-0.1, -0.05) is 0 Å². The fourth-order valence-corrected chi connectivity index (χ4v) is 1.18. The van der Waals surface area contributed by atoms with Gasteiger partial charge in [0.25, 0.3) is 0 Å². The molecule has 1 N–H and O–H groups in total.